The van der Waals surface area contributed by atoms with Crippen LogP contribution in [0.5, 0.6) is 34.5 Å². The van der Waals surface area contributed by atoms with Gasteiger partial charge in [-0.1, -0.05) is 0 Å². The van der Waals surface area contributed by atoms with Crippen molar-refractivity contribution in [3.63, 3.8) is 0 Å². The summed E-state index contributed by atoms with van der Waals surface area (Å²) in [4.78, 5) is 16.0. The number of aliphatic imine (C=N–C) groups is 1. The molecule has 0 spiro atoms. The van der Waals surface area contributed by atoms with Crippen LogP contribution in [0.3, 0.4) is 0 Å². The molecule has 0 radical (unpaired) electrons. The highest BCUT2D eigenvalue weighted by molar-refractivity contribution is 5.93. The molecule has 0 aliphatic heterocycles. The third-order valence-electron chi connectivity index (χ3n) is 3.99. The molecule has 0 aliphatic carbocycles. The van der Waals surface area contributed by atoms with Crippen molar-refractivity contribution in [1.82, 2.24) is 0 Å². The predicted molar refractivity (Wildman–Crippen MR) is 105 cm³/mol. The molecule has 150 valence electrons. The van der Waals surface area contributed by atoms with E-state index >= 15 is 0 Å². The highest BCUT2D eigenvalue weighted by Gasteiger charge is 2.20. The van der Waals surface area contributed by atoms with Crippen LogP contribution in [-0.2, 0) is 0 Å². The maximum Gasteiger partial charge on any atom is 0.205 e. The lowest BCUT2D eigenvalue weighted by atomic mass is 10.1. The van der Waals surface area contributed by atoms with Gasteiger partial charge in [0.2, 0.25) is 11.5 Å². The molecular formula is C20H23NO7. The van der Waals surface area contributed by atoms with Crippen molar-refractivity contribution in [2.75, 3.05) is 42.7 Å². The first-order valence-corrected chi connectivity index (χ1v) is 8.20. The lowest BCUT2D eigenvalue weighted by Gasteiger charge is -2.15. The van der Waals surface area contributed by atoms with Crippen molar-refractivity contribution in [2.45, 2.75) is 0 Å². The quantitative estimate of drug-likeness (QED) is 0.480. The number of rotatable bonds is 9. The molecule has 0 unspecified atom stereocenters. The molecule has 8 nitrogen and oxygen atoms in total. The lowest BCUT2D eigenvalue weighted by molar-refractivity contribution is 0.112. The van der Waals surface area contributed by atoms with Gasteiger partial charge in [-0.15, -0.1) is 0 Å². The molecule has 28 heavy (non-hydrogen) atoms. The molecule has 0 amide bonds. The fraction of sp³-hybridized carbons (Fsp3) is 0.300. The van der Waals surface area contributed by atoms with E-state index in [4.69, 9.17) is 28.4 Å². The van der Waals surface area contributed by atoms with Gasteiger partial charge in [-0.2, -0.15) is 0 Å². The Bertz CT molecular complexity index is 852. The summed E-state index contributed by atoms with van der Waals surface area (Å²) < 4.78 is 32.0. The van der Waals surface area contributed by atoms with Gasteiger partial charge < -0.3 is 28.4 Å². The molecule has 0 fully saturated rings. The van der Waals surface area contributed by atoms with E-state index in [2.05, 4.69) is 4.99 Å². The summed E-state index contributed by atoms with van der Waals surface area (Å²) in [5, 5.41) is 0. The molecule has 0 saturated heterocycles. The van der Waals surface area contributed by atoms with Crippen molar-refractivity contribution in [3.8, 4) is 34.5 Å². The standard InChI is InChI=1S/C20H23NO7/c1-23-14-7-12(8-15(24-2)18(14)26-4)10-21-17-13(11-22)9-16(25-3)19(27-5)20(17)28-6/h7-11H,1-6H3. The summed E-state index contributed by atoms with van der Waals surface area (Å²) in [6.45, 7) is 0. The van der Waals surface area contributed by atoms with Gasteiger partial charge in [0, 0.05) is 17.3 Å². The van der Waals surface area contributed by atoms with E-state index in [9.17, 15) is 4.79 Å². The second-order valence-corrected chi connectivity index (χ2v) is 5.42. The van der Waals surface area contributed by atoms with E-state index < -0.39 is 0 Å². The number of aldehydes is 1. The summed E-state index contributed by atoms with van der Waals surface area (Å²) in [5.41, 5.74) is 1.27. The minimum atomic E-state index is 0.285. The first kappa shape index (κ1) is 20.9. The molecule has 0 heterocycles. The molecule has 0 N–H and O–H groups in total. The second-order valence-electron chi connectivity index (χ2n) is 5.42. The number of carbonyl (C=O) groups is 1. The highest BCUT2D eigenvalue weighted by Crippen LogP contribution is 2.46. The van der Waals surface area contributed by atoms with Crippen molar-refractivity contribution in [3.05, 3.63) is 29.3 Å². The van der Waals surface area contributed by atoms with Gasteiger partial charge in [-0.05, 0) is 18.2 Å². The summed E-state index contributed by atoms with van der Waals surface area (Å²) >= 11 is 0. The van der Waals surface area contributed by atoms with Gasteiger partial charge in [-0.25, -0.2) is 0 Å². The van der Waals surface area contributed by atoms with E-state index in [0.29, 0.717) is 46.3 Å². The zero-order chi connectivity index (χ0) is 20.7. The third kappa shape index (κ3) is 3.95. The minimum absolute atomic E-state index is 0.285. The van der Waals surface area contributed by atoms with E-state index in [-0.39, 0.29) is 11.3 Å². The zero-order valence-corrected chi connectivity index (χ0v) is 16.7. The Morgan fingerprint density at radius 3 is 1.61 bits per heavy atom. The van der Waals surface area contributed by atoms with Crippen molar-refractivity contribution < 1.29 is 33.2 Å². The molecule has 0 saturated carbocycles. The Morgan fingerprint density at radius 2 is 1.18 bits per heavy atom. The van der Waals surface area contributed by atoms with Crippen molar-refractivity contribution in [1.29, 1.82) is 0 Å². The fourth-order valence-corrected chi connectivity index (χ4v) is 2.70. The summed E-state index contributed by atoms with van der Waals surface area (Å²) in [6.07, 6.45) is 2.23. The van der Waals surface area contributed by atoms with Crippen LogP contribution in [-0.4, -0.2) is 55.2 Å². The van der Waals surface area contributed by atoms with Crippen LogP contribution in [0.25, 0.3) is 0 Å². The zero-order valence-electron chi connectivity index (χ0n) is 16.7. The van der Waals surface area contributed by atoms with E-state index in [0.717, 1.165) is 0 Å². The van der Waals surface area contributed by atoms with E-state index in [1.54, 1.807) is 18.3 Å². The topological polar surface area (TPSA) is 84.8 Å². The molecule has 0 aliphatic rings. The van der Waals surface area contributed by atoms with E-state index in [1.165, 1.54) is 48.7 Å². The predicted octanol–water partition coefficient (Wildman–Crippen LogP) is 3.30. The highest BCUT2D eigenvalue weighted by atomic mass is 16.5. The van der Waals surface area contributed by atoms with Crippen LogP contribution in [0, 0.1) is 0 Å². The monoisotopic (exact) mass is 389 g/mol. The number of methoxy groups -OCH3 is 6. The minimum Gasteiger partial charge on any atom is -0.493 e. The average molecular weight is 389 g/mol. The number of ether oxygens (including phenoxy) is 6. The summed E-state index contributed by atoms with van der Waals surface area (Å²) in [6, 6.07) is 5.01. The number of benzene rings is 2. The number of hydrogen-bond donors (Lipinski definition) is 0. The third-order valence-corrected chi connectivity index (χ3v) is 3.99. The first-order chi connectivity index (χ1) is 13.6. The van der Waals surface area contributed by atoms with Gasteiger partial charge >= 0.3 is 0 Å². The molecule has 8 heteroatoms. The smallest absolute Gasteiger partial charge is 0.205 e. The van der Waals surface area contributed by atoms with Gasteiger partial charge in [0.25, 0.3) is 0 Å². The largest absolute Gasteiger partial charge is 0.493 e. The Labute approximate surface area is 163 Å². The van der Waals surface area contributed by atoms with Crippen LogP contribution in [0.1, 0.15) is 15.9 Å². The number of nitrogens with zero attached hydrogens (tertiary/aromatic N) is 1. The molecule has 2 aromatic rings. The Kier molecular flexibility index (Phi) is 7.08. The fourth-order valence-electron chi connectivity index (χ4n) is 2.70. The summed E-state index contributed by atoms with van der Waals surface area (Å²) in [7, 11) is 9.00. The molecule has 0 atom stereocenters. The van der Waals surface area contributed by atoms with Crippen molar-refractivity contribution in [2.24, 2.45) is 4.99 Å². The second kappa shape index (κ2) is 9.50. The molecule has 0 bridgehead atoms. The lowest BCUT2D eigenvalue weighted by Crippen LogP contribution is -1.99. The van der Waals surface area contributed by atoms with Crippen molar-refractivity contribution >= 4 is 18.2 Å². The Hall–Kier alpha value is -3.42. The maximum atomic E-state index is 11.6. The number of carbonyl (C=O) groups excluding carboxylic acids is 1. The first-order valence-electron chi connectivity index (χ1n) is 8.20. The Balaban J connectivity index is 2.62. The van der Waals surface area contributed by atoms with Crippen LogP contribution < -0.4 is 28.4 Å². The van der Waals surface area contributed by atoms with Gasteiger partial charge in [-0.3, -0.25) is 9.79 Å². The maximum absolute atomic E-state index is 11.6. The van der Waals surface area contributed by atoms with Gasteiger partial charge in [0.1, 0.15) is 5.69 Å². The van der Waals surface area contributed by atoms with E-state index in [1.807, 2.05) is 0 Å². The summed E-state index contributed by atoms with van der Waals surface area (Å²) in [5.74, 6) is 2.43. The Morgan fingerprint density at radius 1 is 0.679 bits per heavy atom. The van der Waals surface area contributed by atoms with Crippen LogP contribution in [0.15, 0.2) is 23.2 Å². The average Bonchev–Trinajstić information content (AvgIpc) is 2.75. The van der Waals surface area contributed by atoms with Crippen LogP contribution in [0.2, 0.25) is 0 Å². The number of hydrogen-bond acceptors (Lipinski definition) is 8. The molecule has 2 aromatic carbocycles. The van der Waals surface area contributed by atoms with Crippen LogP contribution >= 0.6 is 0 Å². The normalized spacial score (nSPS) is 10.5. The SMILES string of the molecule is COc1cc(C=Nc2c(C=O)cc(OC)c(OC)c2OC)cc(OC)c1OC. The molecular weight excluding hydrogens is 366 g/mol. The van der Waals surface area contributed by atoms with Gasteiger partial charge in [0.05, 0.1) is 42.7 Å². The van der Waals surface area contributed by atoms with Gasteiger partial charge in [0.15, 0.2) is 29.3 Å². The molecule has 2 rings (SSSR count). The van der Waals surface area contributed by atoms with Crippen LogP contribution in [0.4, 0.5) is 5.69 Å². The molecule has 0 aromatic heterocycles.